The molecule has 0 saturated heterocycles. The molecule has 0 saturated carbocycles. The van der Waals surface area contributed by atoms with Gasteiger partial charge in [0, 0.05) is 18.2 Å². The second-order valence-corrected chi connectivity index (χ2v) is 6.00. The second-order valence-electron chi connectivity index (χ2n) is 6.00. The molecule has 1 amide bonds. The van der Waals surface area contributed by atoms with Crippen LogP contribution in [-0.2, 0) is 17.8 Å². The Kier molecular flexibility index (Phi) is 5.25. The van der Waals surface area contributed by atoms with Gasteiger partial charge in [0.2, 0.25) is 5.91 Å². The van der Waals surface area contributed by atoms with Crippen molar-refractivity contribution in [1.82, 2.24) is 14.9 Å². The molecule has 0 atom stereocenters. The Morgan fingerprint density at radius 1 is 1.19 bits per heavy atom. The first-order valence-corrected chi connectivity index (χ1v) is 8.47. The van der Waals surface area contributed by atoms with Gasteiger partial charge in [0.15, 0.2) is 0 Å². The number of rotatable bonds is 6. The number of nitrogens with one attached hydrogen (secondary N) is 1. The number of hydrogen-bond donors (Lipinski definition) is 1. The highest BCUT2D eigenvalue weighted by atomic mass is 16.6. The van der Waals surface area contributed by atoms with Gasteiger partial charge in [0.1, 0.15) is 5.82 Å². The summed E-state index contributed by atoms with van der Waals surface area (Å²) in [7, 11) is 0. The van der Waals surface area contributed by atoms with Crippen LogP contribution in [0.1, 0.15) is 18.3 Å². The third-order valence-electron chi connectivity index (χ3n) is 4.27. The monoisotopic (exact) mass is 366 g/mol. The molecule has 138 valence electrons. The maximum atomic E-state index is 12.7. The zero-order valence-corrected chi connectivity index (χ0v) is 14.7. The number of nitrogens with zero attached hydrogens (tertiary/aromatic N) is 3. The van der Waals surface area contributed by atoms with Gasteiger partial charge in [0.25, 0.3) is 11.2 Å². The largest absolute Gasteiger partial charge is 0.335 e. The van der Waals surface area contributed by atoms with E-state index in [1.165, 1.54) is 11.0 Å². The highest BCUT2D eigenvalue weighted by molar-refractivity contribution is 5.80. The third kappa shape index (κ3) is 4.00. The minimum atomic E-state index is -0.499. The smallest absolute Gasteiger partial charge is 0.273 e. The van der Waals surface area contributed by atoms with Crippen molar-refractivity contribution in [2.24, 2.45) is 0 Å². The summed E-state index contributed by atoms with van der Waals surface area (Å²) < 4.78 is 0. The molecule has 8 nitrogen and oxygen atoms in total. The molecule has 8 heteroatoms. The van der Waals surface area contributed by atoms with Crippen molar-refractivity contribution in [2.45, 2.75) is 19.9 Å². The van der Waals surface area contributed by atoms with Gasteiger partial charge in [-0.25, -0.2) is 4.98 Å². The summed E-state index contributed by atoms with van der Waals surface area (Å²) >= 11 is 0. The lowest BCUT2D eigenvalue weighted by Crippen LogP contribution is -2.33. The van der Waals surface area contributed by atoms with Gasteiger partial charge in [-0.1, -0.05) is 30.3 Å². The van der Waals surface area contributed by atoms with Crippen LogP contribution in [0.2, 0.25) is 0 Å². The number of amides is 1. The van der Waals surface area contributed by atoms with Crippen LogP contribution in [0, 0.1) is 10.1 Å². The van der Waals surface area contributed by atoms with Crippen molar-refractivity contribution in [3.05, 3.63) is 80.4 Å². The third-order valence-corrected chi connectivity index (χ3v) is 4.27. The van der Waals surface area contributed by atoms with Crippen LogP contribution in [0.4, 0.5) is 5.69 Å². The molecule has 0 aliphatic carbocycles. The Hall–Kier alpha value is -3.55. The molecule has 0 aliphatic rings. The highest BCUT2D eigenvalue weighted by Crippen LogP contribution is 2.19. The zero-order chi connectivity index (χ0) is 19.4. The number of likely N-dealkylation sites (N-methyl/N-ethyl adjacent to an activating group) is 1. The molecule has 0 spiro atoms. The minimum absolute atomic E-state index is 0.0841. The first-order chi connectivity index (χ1) is 13.0. The first-order valence-electron chi connectivity index (χ1n) is 8.47. The predicted molar refractivity (Wildman–Crippen MR) is 100 cm³/mol. The second kappa shape index (κ2) is 7.77. The van der Waals surface area contributed by atoms with E-state index in [9.17, 15) is 19.7 Å². The lowest BCUT2D eigenvalue weighted by molar-refractivity contribution is -0.385. The molecule has 1 N–H and O–H groups in total. The summed E-state index contributed by atoms with van der Waals surface area (Å²) in [5.41, 5.74) is 0.557. The van der Waals surface area contributed by atoms with Crippen LogP contribution in [0.3, 0.4) is 0 Å². The van der Waals surface area contributed by atoms with Gasteiger partial charge in [-0.15, -0.1) is 0 Å². The van der Waals surface area contributed by atoms with E-state index in [-0.39, 0.29) is 30.1 Å². The van der Waals surface area contributed by atoms with Crippen LogP contribution in [0.5, 0.6) is 0 Å². The lowest BCUT2D eigenvalue weighted by atomic mass is 10.1. The fourth-order valence-corrected chi connectivity index (χ4v) is 2.88. The Labute approximate surface area is 154 Å². The first kappa shape index (κ1) is 18.2. The molecule has 0 radical (unpaired) electrons. The number of para-hydroxylation sites is 2. The number of nitro groups is 1. The average Bonchev–Trinajstić information content (AvgIpc) is 2.66. The Balaban J connectivity index is 1.82. The van der Waals surface area contributed by atoms with Crippen LogP contribution in [-0.4, -0.2) is 32.2 Å². The Bertz CT molecular complexity index is 1060. The molecule has 3 aromatic rings. The summed E-state index contributed by atoms with van der Waals surface area (Å²) in [5, 5.41) is 11.6. The van der Waals surface area contributed by atoms with Crippen molar-refractivity contribution in [3.8, 4) is 0 Å². The maximum Gasteiger partial charge on any atom is 0.273 e. The molecular weight excluding hydrogens is 348 g/mol. The van der Waals surface area contributed by atoms with Crippen molar-refractivity contribution in [1.29, 1.82) is 0 Å². The highest BCUT2D eigenvalue weighted by Gasteiger charge is 2.20. The summed E-state index contributed by atoms with van der Waals surface area (Å²) in [6, 6.07) is 13.1. The number of nitro benzene ring substituents is 1. The number of carbonyl (C=O) groups is 1. The van der Waals surface area contributed by atoms with E-state index < -0.39 is 4.92 Å². The number of benzene rings is 2. The van der Waals surface area contributed by atoms with E-state index in [1.807, 2.05) is 0 Å². The fraction of sp³-hybridized carbons (Fsp3) is 0.211. The summed E-state index contributed by atoms with van der Waals surface area (Å²) in [4.78, 5) is 44.1. The molecule has 1 heterocycles. The molecule has 0 bridgehead atoms. The SMILES string of the molecule is CCN(Cc1nc2ccccc2c(=O)[nH]1)C(=O)Cc1ccccc1[N+](=O)[O-]. The van der Waals surface area contributed by atoms with E-state index in [4.69, 9.17) is 0 Å². The number of aromatic nitrogens is 2. The van der Waals surface area contributed by atoms with E-state index in [0.717, 1.165) is 0 Å². The van der Waals surface area contributed by atoms with Crippen molar-refractivity contribution >= 4 is 22.5 Å². The van der Waals surface area contributed by atoms with Gasteiger partial charge in [-0.2, -0.15) is 0 Å². The number of aromatic amines is 1. The number of H-pyrrole nitrogens is 1. The number of hydrogen-bond acceptors (Lipinski definition) is 5. The van der Waals surface area contributed by atoms with E-state index >= 15 is 0 Å². The van der Waals surface area contributed by atoms with Gasteiger partial charge in [0.05, 0.1) is 28.8 Å². The zero-order valence-electron chi connectivity index (χ0n) is 14.7. The lowest BCUT2D eigenvalue weighted by Gasteiger charge is -2.20. The Morgan fingerprint density at radius 3 is 2.63 bits per heavy atom. The van der Waals surface area contributed by atoms with Crippen LogP contribution < -0.4 is 5.56 Å². The van der Waals surface area contributed by atoms with Gasteiger partial charge < -0.3 is 9.88 Å². The summed E-state index contributed by atoms with van der Waals surface area (Å²) in [5.74, 6) is 0.0964. The summed E-state index contributed by atoms with van der Waals surface area (Å²) in [6.45, 7) is 2.31. The average molecular weight is 366 g/mol. The molecular formula is C19H18N4O4. The molecule has 1 aromatic heterocycles. The molecule has 3 rings (SSSR count). The summed E-state index contributed by atoms with van der Waals surface area (Å²) in [6.07, 6.45) is -0.0944. The van der Waals surface area contributed by atoms with E-state index in [1.54, 1.807) is 49.4 Å². The molecule has 0 fully saturated rings. The van der Waals surface area contributed by atoms with Gasteiger partial charge in [-0.05, 0) is 19.1 Å². The van der Waals surface area contributed by atoms with Crippen molar-refractivity contribution in [2.75, 3.05) is 6.54 Å². The normalized spacial score (nSPS) is 10.7. The van der Waals surface area contributed by atoms with Gasteiger partial charge >= 0.3 is 0 Å². The Morgan fingerprint density at radius 2 is 1.89 bits per heavy atom. The number of fused-ring (bicyclic) bond motifs is 1. The molecule has 0 aliphatic heterocycles. The molecule has 2 aromatic carbocycles. The van der Waals surface area contributed by atoms with E-state index in [2.05, 4.69) is 9.97 Å². The molecule has 27 heavy (non-hydrogen) atoms. The van der Waals surface area contributed by atoms with Crippen LogP contribution in [0.25, 0.3) is 10.9 Å². The van der Waals surface area contributed by atoms with Crippen molar-refractivity contribution in [3.63, 3.8) is 0 Å². The van der Waals surface area contributed by atoms with Crippen molar-refractivity contribution < 1.29 is 9.72 Å². The van der Waals surface area contributed by atoms with Gasteiger partial charge in [-0.3, -0.25) is 19.7 Å². The van der Waals surface area contributed by atoms with Crippen LogP contribution >= 0.6 is 0 Å². The minimum Gasteiger partial charge on any atom is -0.335 e. The molecule has 0 unspecified atom stereocenters. The topological polar surface area (TPSA) is 109 Å². The van der Waals surface area contributed by atoms with Crippen LogP contribution in [0.15, 0.2) is 53.3 Å². The number of carbonyl (C=O) groups excluding carboxylic acids is 1. The maximum absolute atomic E-state index is 12.7. The standard InChI is InChI=1S/C19H18N4O4/c1-2-22(18(24)11-13-7-3-6-10-16(13)23(26)27)12-17-20-15-9-5-4-8-14(15)19(25)21-17/h3-10H,2,11-12H2,1H3,(H,20,21,25). The van der Waals surface area contributed by atoms with E-state index in [0.29, 0.717) is 28.8 Å². The predicted octanol–water partition coefficient (Wildman–Crippen LogP) is 2.42. The fourth-order valence-electron chi connectivity index (χ4n) is 2.88. The quantitative estimate of drug-likeness (QED) is 0.532.